The highest BCUT2D eigenvalue weighted by Crippen LogP contribution is 2.50. The second kappa shape index (κ2) is 5.63. The Morgan fingerprint density at radius 2 is 1.68 bits per heavy atom. The third-order valence-electron chi connectivity index (χ3n) is 5.82. The lowest BCUT2D eigenvalue weighted by molar-refractivity contribution is -0.186. The molecular formula is C19H28N2O. The Balaban J connectivity index is 1.47. The van der Waals surface area contributed by atoms with Crippen LogP contribution in [0.1, 0.15) is 44.1 Å². The topological polar surface area (TPSA) is 24.5 Å². The third-order valence-corrected chi connectivity index (χ3v) is 5.82. The van der Waals surface area contributed by atoms with Crippen LogP contribution >= 0.6 is 0 Å². The first-order chi connectivity index (χ1) is 10.7. The molecule has 0 aromatic heterocycles. The molecule has 22 heavy (non-hydrogen) atoms. The maximum absolute atomic E-state index is 6.70. The molecule has 2 saturated carbocycles. The van der Waals surface area contributed by atoms with E-state index in [0.29, 0.717) is 6.04 Å². The zero-order valence-corrected chi connectivity index (χ0v) is 13.7. The van der Waals surface area contributed by atoms with E-state index in [9.17, 15) is 0 Å². The van der Waals surface area contributed by atoms with E-state index in [1.54, 1.807) is 0 Å². The molecule has 120 valence electrons. The van der Waals surface area contributed by atoms with Crippen LogP contribution in [0, 0.1) is 0 Å². The number of hydrogen-bond acceptors (Lipinski definition) is 3. The van der Waals surface area contributed by atoms with Crippen LogP contribution in [0.4, 0.5) is 0 Å². The molecule has 0 atom stereocenters. The molecule has 1 aromatic carbocycles. The Labute approximate surface area is 134 Å². The van der Waals surface area contributed by atoms with Crippen molar-refractivity contribution in [2.45, 2.75) is 62.3 Å². The maximum atomic E-state index is 6.70. The average Bonchev–Trinajstić information content (AvgIpc) is 3.26. The third kappa shape index (κ3) is 2.94. The van der Waals surface area contributed by atoms with E-state index in [1.807, 2.05) is 0 Å². The number of morpholine rings is 1. The fourth-order valence-electron chi connectivity index (χ4n) is 4.44. The van der Waals surface area contributed by atoms with Crippen molar-refractivity contribution in [2.24, 2.45) is 0 Å². The summed E-state index contributed by atoms with van der Waals surface area (Å²) in [7, 11) is 2.09. The summed E-state index contributed by atoms with van der Waals surface area (Å²) in [5, 5.41) is 3.44. The predicted octanol–water partition coefficient (Wildman–Crippen LogP) is 2.95. The molecule has 2 spiro atoms. The van der Waals surface area contributed by atoms with Gasteiger partial charge in [0.25, 0.3) is 0 Å². The minimum atomic E-state index is 0.122. The molecule has 0 unspecified atom stereocenters. The molecule has 4 rings (SSSR count). The highest BCUT2D eigenvalue weighted by atomic mass is 16.5. The van der Waals surface area contributed by atoms with Gasteiger partial charge in [0.15, 0.2) is 0 Å². The van der Waals surface area contributed by atoms with Crippen molar-refractivity contribution in [1.29, 1.82) is 0 Å². The standard InChI is InChI=1S/C19H28N2O/c1-20-17-7-9-18(10-8-17)14-21(15-19(22-18)11-12-19)13-16-5-3-2-4-6-16/h2-6,17,20H,7-15H2,1H3. The van der Waals surface area contributed by atoms with Crippen LogP contribution in [-0.2, 0) is 11.3 Å². The van der Waals surface area contributed by atoms with Gasteiger partial charge in [-0.15, -0.1) is 0 Å². The molecule has 0 amide bonds. The van der Waals surface area contributed by atoms with Crippen LogP contribution in [0.25, 0.3) is 0 Å². The Kier molecular flexibility index (Phi) is 3.75. The summed E-state index contributed by atoms with van der Waals surface area (Å²) in [4.78, 5) is 2.66. The molecule has 0 radical (unpaired) electrons. The van der Waals surface area contributed by atoms with Gasteiger partial charge in [0.1, 0.15) is 0 Å². The van der Waals surface area contributed by atoms with E-state index in [2.05, 4.69) is 47.6 Å². The Hall–Kier alpha value is -0.900. The van der Waals surface area contributed by atoms with Crippen molar-refractivity contribution in [2.75, 3.05) is 20.1 Å². The van der Waals surface area contributed by atoms with Gasteiger partial charge in [-0.3, -0.25) is 4.90 Å². The van der Waals surface area contributed by atoms with E-state index in [-0.39, 0.29) is 11.2 Å². The predicted molar refractivity (Wildman–Crippen MR) is 88.8 cm³/mol. The zero-order valence-electron chi connectivity index (χ0n) is 13.7. The summed E-state index contributed by atoms with van der Waals surface area (Å²) in [6, 6.07) is 11.6. The van der Waals surface area contributed by atoms with Crippen LogP contribution in [0.3, 0.4) is 0 Å². The van der Waals surface area contributed by atoms with Crippen LogP contribution in [0.15, 0.2) is 30.3 Å². The van der Waals surface area contributed by atoms with Crippen LogP contribution in [0.2, 0.25) is 0 Å². The lowest BCUT2D eigenvalue weighted by Gasteiger charge is -2.50. The number of nitrogens with zero attached hydrogens (tertiary/aromatic N) is 1. The normalized spacial score (nSPS) is 34.1. The summed E-state index contributed by atoms with van der Waals surface area (Å²) in [5.74, 6) is 0. The fraction of sp³-hybridized carbons (Fsp3) is 0.684. The minimum absolute atomic E-state index is 0.122. The molecule has 1 saturated heterocycles. The molecule has 1 heterocycles. The van der Waals surface area contributed by atoms with Crippen molar-refractivity contribution < 1.29 is 4.74 Å². The number of rotatable bonds is 3. The smallest absolute Gasteiger partial charge is 0.0819 e. The van der Waals surface area contributed by atoms with Gasteiger partial charge in [-0.1, -0.05) is 30.3 Å². The molecule has 1 aromatic rings. The van der Waals surface area contributed by atoms with Gasteiger partial charge in [-0.2, -0.15) is 0 Å². The Morgan fingerprint density at radius 1 is 1.05 bits per heavy atom. The van der Waals surface area contributed by atoms with Gasteiger partial charge in [0.2, 0.25) is 0 Å². The molecule has 1 aliphatic heterocycles. The van der Waals surface area contributed by atoms with E-state index >= 15 is 0 Å². The van der Waals surface area contributed by atoms with Crippen LogP contribution < -0.4 is 5.32 Å². The van der Waals surface area contributed by atoms with Crippen LogP contribution in [-0.4, -0.2) is 42.3 Å². The number of hydrogen-bond donors (Lipinski definition) is 1. The quantitative estimate of drug-likeness (QED) is 0.929. The monoisotopic (exact) mass is 300 g/mol. The van der Waals surface area contributed by atoms with E-state index < -0.39 is 0 Å². The summed E-state index contributed by atoms with van der Waals surface area (Å²) in [6.45, 7) is 3.31. The molecule has 1 N–H and O–H groups in total. The van der Waals surface area contributed by atoms with Gasteiger partial charge in [0, 0.05) is 25.7 Å². The van der Waals surface area contributed by atoms with Crippen molar-refractivity contribution in [1.82, 2.24) is 10.2 Å². The molecular weight excluding hydrogens is 272 g/mol. The Morgan fingerprint density at radius 3 is 2.27 bits per heavy atom. The first kappa shape index (κ1) is 14.7. The largest absolute Gasteiger partial charge is 0.366 e. The van der Waals surface area contributed by atoms with E-state index in [4.69, 9.17) is 4.74 Å². The molecule has 3 aliphatic rings. The van der Waals surface area contributed by atoms with Gasteiger partial charge in [0.05, 0.1) is 11.2 Å². The lowest BCUT2D eigenvalue weighted by Crippen LogP contribution is -2.58. The first-order valence-corrected chi connectivity index (χ1v) is 8.85. The maximum Gasteiger partial charge on any atom is 0.0819 e. The summed E-state index contributed by atoms with van der Waals surface area (Å²) >= 11 is 0. The summed E-state index contributed by atoms with van der Waals surface area (Å²) < 4.78 is 6.70. The average molecular weight is 300 g/mol. The molecule has 3 fully saturated rings. The minimum Gasteiger partial charge on any atom is -0.366 e. The van der Waals surface area contributed by atoms with Gasteiger partial charge >= 0.3 is 0 Å². The molecule has 0 bridgehead atoms. The highest BCUT2D eigenvalue weighted by molar-refractivity contribution is 5.16. The summed E-state index contributed by atoms with van der Waals surface area (Å²) in [6.07, 6.45) is 7.46. The number of ether oxygens (including phenoxy) is 1. The van der Waals surface area contributed by atoms with Crippen molar-refractivity contribution in [3.8, 4) is 0 Å². The fourth-order valence-corrected chi connectivity index (χ4v) is 4.44. The van der Waals surface area contributed by atoms with Gasteiger partial charge in [-0.25, -0.2) is 0 Å². The van der Waals surface area contributed by atoms with Crippen LogP contribution in [0.5, 0.6) is 0 Å². The second-order valence-electron chi connectivity index (χ2n) is 7.66. The molecule has 3 heteroatoms. The first-order valence-electron chi connectivity index (χ1n) is 8.85. The lowest BCUT2D eigenvalue weighted by atomic mass is 9.80. The van der Waals surface area contributed by atoms with Gasteiger partial charge in [-0.05, 0) is 51.1 Å². The number of benzene rings is 1. The van der Waals surface area contributed by atoms with E-state index in [0.717, 1.165) is 19.6 Å². The van der Waals surface area contributed by atoms with Crippen molar-refractivity contribution in [3.63, 3.8) is 0 Å². The molecule has 2 aliphatic carbocycles. The Bertz CT molecular complexity index is 503. The van der Waals surface area contributed by atoms with E-state index in [1.165, 1.54) is 44.1 Å². The SMILES string of the molecule is CNC1CCC2(CC1)CN(Cc1ccccc1)CC1(CC1)O2. The number of nitrogens with one attached hydrogen (secondary N) is 1. The molecule has 3 nitrogen and oxygen atoms in total. The highest BCUT2D eigenvalue weighted by Gasteiger charge is 2.55. The second-order valence-corrected chi connectivity index (χ2v) is 7.66. The zero-order chi connectivity index (χ0) is 15.0. The van der Waals surface area contributed by atoms with Crippen molar-refractivity contribution in [3.05, 3.63) is 35.9 Å². The summed E-state index contributed by atoms with van der Waals surface area (Å²) in [5.41, 5.74) is 1.75. The van der Waals surface area contributed by atoms with Crippen molar-refractivity contribution >= 4 is 0 Å². The van der Waals surface area contributed by atoms with Gasteiger partial charge < -0.3 is 10.1 Å².